The molecule has 2 N–H and O–H groups in total. The van der Waals surface area contributed by atoms with Crippen molar-refractivity contribution in [2.45, 2.75) is 25.3 Å². The van der Waals surface area contributed by atoms with Crippen LogP contribution < -0.4 is 5.73 Å². The van der Waals surface area contributed by atoms with Crippen LogP contribution in [-0.2, 0) is 0 Å². The smallest absolute Gasteiger partial charge is 0.254 e. The van der Waals surface area contributed by atoms with E-state index in [9.17, 15) is 4.79 Å². The molecular weight excluding hydrogens is 236 g/mol. The first-order valence-electron chi connectivity index (χ1n) is 5.99. The largest absolute Gasteiger partial charge is 0.334 e. The summed E-state index contributed by atoms with van der Waals surface area (Å²) in [6.45, 7) is 1.33. The summed E-state index contributed by atoms with van der Waals surface area (Å²) in [4.78, 5) is 14.2. The van der Waals surface area contributed by atoms with Gasteiger partial charge < -0.3 is 10.6 Å². The van der Waals surface area contributed by atoms with Gasteiger partial charge in [-0.25, -0.2) is 0 Å². The fraction of sp³-hybridized carbons (Fsp3) is 0.462. The lowest BCUT2D eigenvalue weighted by Gasteiger charge is -2.35. The predicted molar refractivity (Wildman–Crippen MR) is 69.2 cm³/mol. The Hall–Kier alpha value is -1.06. The van der Waals surface area contributed by atoms with Crippen molar-refractivity contribution in [2.75, 3.05) is 13.1 Å². The third kappa shape index (κ3) is 2.79. The van der Waals surface area contributed by atoms with E-state index < -0.39 is 0 Å². The minimum absolute atomic E-state index is 0.0441. The minimum Gasteiger partial charge on any atom is -0.334 e. The molecule has 0 spiro atoms. The van der Waals surface area contributed by atoms with Gasteiger partial charge in [0.2, 0.25) is 0 Å². The minimum atomic E-state index is 0.0441. The van der Waals surface area contributed by atoms with E-state index in [1.165, 1.54) is 0 Å². The molecule has 3 nitrogen and oxygen atoms in total. The Bertz CT molecular complexity index is 408. The van der Waals surface area contributed by atoms with E-state index in [-0.39, 0.29) is 11.9 Å². The zero-order valence-corrected chi connectivity index (χ0v) is 10.5. The molecule has 0 saturated carbocycles. The molecule has 92 valence electrons. The Morgan fingerprint density at radius 2 is 2.29 bits per heavy atom. The number of rotatable bonds is 2. The van der Waals surface area contributed by atoms with Gasteiger partial charge in [-0.05, 0) is 37.5 Å². The highest BCUT2D eigenvalue weighted by molar-refractivity contribution is 6.30. The standard InChI is InChI=1S/C13H17ClN2O/c14-11-5-3-4-10(8-11)13(17)16-7-2-1-6-12(16)9-15/h3-5,8,12H,1-2,6-7,9,15H2. The highest BCUT2D eigenvalue weighted by Crippen LogP contribution is 2.20. The number of hydrogen-bond acceptors (Lipinski definition) is 2. The molecule has 4 heteroatoms. The number of nitrogens with zero attached hydrogens (tertiary/aromatic N) is 1. The number of hydrogen-bond donors (Lipinski definition) is 1. The van der Waals surface area contributed by atoms with Crippen molar-refractivity contribution in [1.29, 1.82) is 0 Å². The van der Waals surface area contributed by atoms with Crippen LogP contribution in [0.25, 0.3) is 0 Å². The molecule has 0 radical (unpaired) electrons. The number of nitrogens with two attached hydrogens (primary N) is 1. The Balaban J connectivity index is 2.18. The van der Waals surface area contributed by atoms with Crippen molar-refractivity contribution in [1.82, 2.24) is 4.90 Å². The second kappa shape index (κ2) is 5.52. The van der Waals surface area contributed by atoms with Gasteiger partial charge in [0, 0.05) is 29.7 Å². The first kappa shape index (κ1) is 12.4. The first-order chi connectivity index (χ1) is 8.22. The SMILES string of the molecule is NCC1CCCCN1C(=O)c1cccc(Cl)c1. The first-order valence-corrected chi connectivity index (χ1v) is 6.37. The number of amides is 1. The third-order valence-corrected chi connectivity index (χ3v) is 3.47. The average molecular weight is 253 g/mol. The predicted octanol–water partition coefficient (Wildman–Crippen LogP) is 2.29. The molecule has 2 rings (SSSR count). The van der Waals surface area contributed by atoms with Gasteiger partial charge in [0.05, 0.1) is 0 Å². The molecule has 1 atom stereocenters. The topological polar surface area (TPSA) is 46.3 Å². The maximum Gasteiger partial charge on any atom is 0.254 e. The molecule has 1 aliphatic rings. The Kier molecular flexibility index (Phi) is 4.02. The van der Waals surface area contributed by atoms with Gasteiger partial charge in [0.25, 0.3) is 5.91 Å². The third-order valence-electron chi connectivity index (χ3n) is 3.23. The molecule has 0 aromatic heterocycles. The maximum absolute atomic E-state index is 12.3. The summed E-state index contributed by atoms with van der Waals surface area (Å²) in [6.07, 6.45) is 3.22. The normalized spacial score (nSPS) is 20.4. The number of likely N-dealkylation sites (tertiary alicyclic amines) is 1. The number of piperidine rings is 1. The van der Waals surface area contributed by atoms with Crippen LogP contribution in [0.15, 0.2) is 24.3 Å². The average Bonchev–Trinajstić information content (AvgIpc) is 2.38. The lowest BCUT2D eigenvalue weighted by Crippen LogP contribution is -2.47. The zero-order chi connectivity index (χ0) is 12.3. The summed E-state index contributed by atoms with van der Waals surface area (Å²) < 4.78 is 0. The molecule has 0 bridgehead atoms. The molecule has 17 heavy (non-hydrogen) atoms. The van der Waals surface area contributed by atoms with E-state index in [2.05, 4.69) is 0 Å². The number of halogens is 1. The fourth-order valence-corrected chi connectivity index (χ4v) is 2.49. The molecule has 1 unspecified atom stereocenters. The van der Waals surface area contributed by atoms with Gasteiger partial charge in [-0.3, -0.25) is 4.79 Å². The van der Waals surface area contributed by atoms with Crippen molar-refractivity contribution in [3.05, 3.63) is 34.9 Å². The van der Waals surface area contributed by atoms with E-state index in [0.717, 1.165) is 25.8 Å². The van der Waals surface area contributed by atoms with Gasteiger partial charge >= 0.3 is 0 Å². The molecule has 0 aliphatic carbocycles. The van der Waals surface area contributed by atoms with E-state index in [1.54, 1.807) is 24.3 Å². The van der Waals surface area contributed by atoms with Crippen LogP contribution in [0.1, 0.15) is 29.6 Å². The van der Waals surface area contributed by atoms with Crippen LogP contribution in [0.4, 0.5) is 0 Å². The summed E-state index contributed by atoms with van der Waals surface area (Å²) in [6, 6.07) is 7.27. The van der Waals surface area contributed by atoms with Crippen molar-refractivity contribution in [3.63, 3.8) is 0 Å². The van der Waals surface area contributed by atoms with Crippen LogP contribution in [0, 0.1) is 0 Å². The molecule has 1 heterocycles. The molecule has 1 fully saturated rings. The lowest BCUT2D eigenvalue weighted by atomic mass is 10.0. The van der Waals surface area contributed by atoms with Crippen LogP contribution >= 0.6 is 11.6 Å². The molecular formula is C13H17ClN2O. The quantitative estimate of drug-likeness (QED) is 0.878. The zero-order valence-electron chi connectivity index (χ0n) is 9.73. The van der Waals surface area contributed by atoms with Gasteiger partial charge in [0.15, 0.2) is 0 Å². The highest BCUT2D eigenvalue weighted by Gasteiger charge is 2.26. The van der Waals surface area contributed by atoms with Gasteiger partial charge in [-0.2, -0.15) is 0 Å². The summed E-state index contributed by atoms with van der Waals surface area (Å²) in [5.74, 6) is 0.0441. The highest BCUT2D eigenvalue weighted by atomic mass is 35.5. The summed E-state index contributed by atoms with van der Waals surface area (Å²) >= 11 is 5.90. The monoisotopic (exact) mass is 252 g/mol. The molecule has 1 amide bonds. The second-order valence-corrected chi connectivity index (χ2v) is 4.83. The summed E-state index contributed by atoms with van der Waals surface area (Å²) in [5, 5.41) is 0.595. The van der Waals surface area contributed by atoms with Crippen molar-refractivity contribution >= 4 is 17.5 Å². The molecule has 1 aromatic carbocycles. The van der Waals surface area contributed by atoms with Crippen LogP contribution in [-0.4, -0.2) is 29.9 Å². The van der Waals surface area contributed by atoms with Crippen molar-refractivity contribution in [3.8, 4) is 0 Å². The number of benzene rings is 1. The van der Waals surface area contributed by atoms with Crippen LogP contribution in [0.3, 0.4) is 0 Å². The lowest BCUT2D eigenvalue weighted by molar-refractivity contribution is 0.0623. The van der Waals surface area contributed by atoms with E-state index >= 15 is 0 Å². The Morgan fingerprint density at radius 3 is 3.00 bits per heavy atom. The summed E-state index contributed by atoms with van der Waals surface area (Å²) in [7, 11) is 0. The maximum atomic E-state index is 12.3. The fourth-order valence-electron chi connectivity index (χ4n) is 2.30. The van der Waals surface area contributed by atoms with Crippen molar-refractivity contribution in [2.24, 2.45) is 5.73 Å². The van der Waals surface area contributed by atoms with Crippen LogP contribution in [0.2, 0.25) is 5.02 Å². The van der Waals surface area contributed by atoms with Gasteiger partial charge in [-0.15, -0.1) is 0 Å². The van der Waals surface area contributed by atoms with E-state index in [0.29, 0.717) is 17.1 Å². The number of carbonyl (C=O) groups excluding carboxylic acids is 1. The van der Waals surface area contributed by atoms with Gasteiger partial charge in [0.1, 0.15) is 0 Å². The second-order valence-electron chi connectivity index (χ2n) is 4.39. The van der Waals surface area contributed by atoms with E-state index in [1.807, 2.05) is 4.90 Å². The van der Waals surface area contributed by atoms with Gasteiger partial charge in [-0.1, -0.05) is 17.7 Å². The molecule has 1 aromatic rings. The Labute approximate surface area is 107 Å². The van der Waals surface area contributed by atoms with Crippen molar-refractivity contribution < 1.29 is 4.79 Å². The Morgan fingerprint density at radius 1 is 1.47 bits per heavy atom. The molecule has 1 aliphatic heterocycles. The number of carbonyl (C=O) groups is 1. The van der Waals surface area contributed by atoms with Crippen LogP contribution in [0.5, 0.6) is 0 Å². The molecule has 1 saturated heterocycles. The summed E-state index contributed by atoms with van der Waals surface area (Å²) in [5.41, 5.74) is 6.37. The van der Waals surface area contributed by atoms with E-state index in [4.69, 9.17) is 17.3 Å².